The van der Waals surface area contributed by atoms with E-state index >= 15 is 0 Å². The second kappa shape index (κ2) is 7.52. The van der Waals surface area contributed by atoms with Gasteiger partial charge in [-0.05, 0) is 51.7 Å². The highest BCUT2D eigenvalue weighted by Crippen LogP contribution is 2.42. The Hall–Kier alpha value is -0.853. The molecule has 1 spiro atoms. The fraction of sp³-hybridized carbons (Fsp3) is 0.857. The molecule has 5 nitrogen and oxygen atoms in total. The van der Waals surface area contributed by atoms with Gasteiger partial charge in [0.25, 0.3) is 0 Å². The van der Waals surface area contributed by atoms with Gasteiger partial charge in [0.1, 0.15) is 11.2 Å². The average molecular weight is 398 g/mol. The summed E-state index contributed by atoms with van der Waals surface area (Å²) in [4.78, 5) is 13.9. The van der Waals surface area contributed by atoms with E-state index in [0.29, 0.717) is 25.6 Å². The van der Waals surface area contributed by atoms with Crippen molar-refractivity contribution in [1.82, 2.24) is 4.90 Å². The Morgan fingerprint density at radius 1 is 1.22 bits per heavy atom. The van der Waals surface area contributed by atoms with Crippen LogP contribution in [0.2, 0.25) is 18.1 Å². The average Bonchev–Trinajstić information content (AvgIpc) is 2.87. The number of carbonyl (C=O) groups is 1. The molecule has 0 aliphatic carbocycles. The van der Waals surface area contributed by atoms with Crippen LogP contribution in [0.25, 0.3) is 0 Å². The smallest absolute Gasteiger partial charge is 0.410 e. The molecule has 0 aromatic carbocycles. The second-order valence-corrected chi connectivity index (χ2v) is 15.6. The lowest BCUT2D eigenvalue weighted by Gasteiger charge is -2.47. The summed E-state index contributed by atoms with van der Waals surface area (Å²) < 4.78 is 17.8. The van der Waals surface area contributed by atoms with E-state index in [1.54, 1.807) is 4.90 Å². The van der Waals surface area contributed by atoms with Crippen molar-refractivity contribution in [3.05, 3.63) is 12.2 Å². The van der Waals surface area contributed by atoms with Crippen molar-refractivity contribution in [2.24, 2.45) is 5.92 Å². The zero-order chi connectivity index (χ0) is 20.7. The van der Waals surface area contributed by atoms with Crippen molar-refractivity contribution in [3.63, 3.8) is 0 Å². The van der Waals surface area contributed by atoms with Gasteiger partial charge < -0.3 is 18.8 Å². The maximum absolute atomic E-state index is 12.1. The molecule has 0 bridgehead atoms. The van der Waals surface area contributed by atoms with Gasteiger partial charge in [-0.15, -0.1) is 0 Å². The zero-order valence-electron chi connectivity index (χ0n) is 18.6. The molecular weight excluding hydrogens is 358 g/mol. The van der Waals surface area contributed by atoms with Crippen LogP contribution in [0.5, 0.6) is 0 Å². The third-order valence-electron chi connectivity index (χ3n) is 6.09. The molecular formula is C21H39NO4Si. The minimum Gasteiger partial charge on any atom is -0.444 e. The first-order valence-electron chi connectivity index (χ1n) is 10.1. The quantitative estimate of drug-likeness (QED) is 0.485. The van der Waals surface area contributed by atoms with E-state index in [1.807, 2.05) is 20.8 Å². The number of carbonyl (C=O) groups excluding carboxylic acids is 1. The van der Waals surface area contributed by atoms with Crippen molar-refractivity contribution in [3.8, 4) is 0 Å². The van der Waals surface area contributed by atoms with Crippen LogP contribution in [0.4, 0.5) is 4.79 Å². The van der Waals surface area contributed by atoms with E-state index in [0.717, 1.165) is 19.4 Å². The first-order valence-corrected chi connectivity index (χ1v) is 13.0. The van der Waals surface area contributed by atoms with E-state index in [1.165, 1.54) is 5.57 Å². The molecule has 2 aliphatic rings. The molecule has 156 valence electrons. The van der Waals surface area contributed by atoms with E-state index in [-0.39, 0.29) is 16.7 Å². The van der Waals surface area contributed by atoms with Crippen molar-refractivity contribution in [2.75, 3.05) is 26.3 Å². The number of nitrogens with zero attached hydrogens (tertiary/aromatic N) is 1. The summed E-state index contributed by atoms with van der Waals surface area (Å²) in [5, 5.41) is 0.228. The van der Waals surface area contributed by atoms with Crippen LogP contribution in [0, 0.1) is 5.92 Å². The second-order valence-electron chi connectivity index (χ2n) is 10.7. The highest BCUT2D eigenvalue weighted by atomic mass is 28.4. The fourth-order valence-corrected chi connectivity index (χ4v) is 4.34. The molecule has 0 aromatic heterocycles. The molecule has 27 heavy (non-hydrogen) atoms. The van der Waals surface area contributed by atoms with Crippen molar-refractivity contribution < 1.29 is 18.7 Å². The van der Waals surface area contributed by atoms with E-state index in [4.69, 9.17) is 13.9 Å². The summed E-state index contributed by atoms with van der Waals surface area (Å²) in [5.74, 6) is 0.355. The van der Waals surface area contributed by atoms with Gasteiger partial charge in [0.15, 0.2) is 8.32 Å². The summed E-state index contributed by atoms with van der Waals surface area (Å²) in [6.45, 7) is 24.0. The molecule has 2 heterocycles. The Kier molecular flexibility index (Phi) is 6.25. The van der Waals surface area contributed by atoms with E-state index in [2.05, 4.69) is 40.4 Å². The molecule has 0 radical (unpaired) electrons. The maximum atomic E-state index is 12.1. The Bertz CT molecular complexity index is 568. The largest absolute Gasteiger partial charge is 0.444 e. The minimum atomic E-state index is -1.71. The summed E-state index contributed by atoms with van der Waals surface area (Å²) in [6, 6.07) is 0. The molecule has 0 saturated carbocycles. The van der Waals surface area contributed by atoms with Crippen LogP contribution < -0.4 is 0 Å². The molecule has 0 aromatic rings. The van der Waals surface area contributed by atoms with Crippen LogP contribution in [0.1, 0.15) is 54.4 Å². The van der Waals surface area contributed by atoms with Gasteiger partial charge in [0.2, 0.25) is 0 Å². The highest BCUT2D eigenvalue weighted by molar-refractivity contribution is 6.74. The van der Waals surface area contributed by atoms with Crippen molar-refractivity contribution >= 4 is 14.4 Å². The number of likely N-dealkylation sites (tertiary alicyclic amines) is 1. The van der Waals surface area contributed by atoms with E-state index in [9.17, 15) is 4.79 Å². The van der Waals surface area contributed by atoms with Gasteiger partial charge in [-0.2, -0.15) is 0 Å². The molecule has 2 aliphatic heterocycles. The van der Waals surface area contributed by atoms with E-state index < -0.39 is 13.9 Å². The molecule has 0 N–H and O–H groups in total. The van der Waals surface area contributed by atoms with Gasteiger partial charge in [0.05, 0.1) is 19.7 Å². The molecule has 6 heteroatoms. The number of ether oxygens (including phenoxy) is 2. The van der Waals surface area contributed by atoms with Gasteiger partial charge in [-0.1, -0.05) is 32.9 Å². The molecule has 1 unspecified atom stereocenters. The zero-order valence-corrected chi connectivity index (χ0v) is 19.6. The van der Waals surface area contributed by atoms with Gasteiger partial charge in [0, 0.05) is 12.5 Å². The Morgan fingerprint density at radius 3 is 2.33 bits per heavy atom. The monoisotopic (exact) mass is 397 g/mol. The molecule has 2 fully saturated rings. The molecule has 2 rings (SSSR count). The maximum Gasteiger partial charge on any atom is 0.410 e. The summed E-state index contributed by atoms with van der Waals surface area (Å²) in [6.07, 6.45) is 1.57. The molecule has 1 amide bonds. The summed E-state index contributed by atoms with van der Waals surface area (Å²) >= 11 is 0. The predicted octanol–water partition coefficient (Wildman–Crippen LogP) is 4.98. The Morgan fingerprint density at radius 2 is 1.81 bits per heavy atom. The molecule has 2 saturated heterocycles. The molecule has 1 atom stereocenters. The number of hydrogen-bond acceptors (Lipinski definition) is 4. The summed E-state index contributed by atoms with van der Waals surface area (Å²) in [7, 11) is -1.71. The van der Waals surface area contributed by atoms with Crippen LogP contribution in [0.3, 0.4) is 0 Å². The lowest BCUT2D eigenvalue weighted by atomic mass is 9.84. The van der Waals surface area contributed by atoms with Crippen molar-refractivity contribution in [1.29, 1.82) is 0 Å². The van der Waals surface area contributed by atoms with Crippen LogP contribution >= 0.6 is 0 Å². The fourth-order valence-electron chi connectivity index (χ4n) is 3.29. The summed E-state index contributed by atoms with van der Waals surface area (Å²) in [5.41, 5.74) is 0.545. The first kappa shape index (κ1) is 22.4. The third-order valence-corrected chi connectivity index (χ3v) is 10.6. The predicted molar refractivity (Wildman–Crippen MR) is 112 cm³/mol. The SMILES string of the molecule is C=C(CCO[Si](C)(C)C(C)(C)C)C1COC2(C1)CN(C(=O)OC(C)(C)C)C2. The van der Waals surface area contributed by atoms with Gasteiger partial charge >= 0.3 is 6.09 Å². The van der Waals surface area contributed by atoms with Crippen LogP contribution in [-0.2, 0) is 13.9 Å². The third kappa shape index (κ3) is 5.58. The van der Waals surface area contributed by atoms with Crippen molar-refractivity contribution in [2.45, 2.75) is 83.7 Å². The first-order chi connectivity index (χ1) is 12.1. The minimum absolute atomic E-state index is 0.204. The van der Waals surface area contributed by atoms with Crippen LogP contribution in [-0.4, -0.2) is 56.8 Å². The lowest BCUT2D eigenvalue weighted by molar-refractivity contribution is -0.109. The Balaban J connectivity index is 1.75. The van der Waals surface area contributed by atoms with Gasteiger partial charge in [-0.3, -0.25) is 0 Å². The normalized spacial score (nSPS) is 22.7. The number of rotatable bonds is 5. The number of hydrogen-bond donors (Lipinski definition) is 0. The van der Waals surface area contributed by atoms with Gasteiger partial charge in [-0.25, -0.2) is 4.79 Å². The Labute approximate surface area is 166 Å². The lowest BCUT2D eigenvalue weighted by Crippen LogP contribution is -2.63. The van der Waals surface area contributed by atoms with Crippen LogP contribution in [0.15, 0.2) is 12.2 Å². The highest BCUT2D eigenvalue weighted by Gasteiger charge is 2.52. The number of amides is 1. The topological polar surface area (TPSA) is 48.0 Å². The standard InChI is InChI=1S/C21H39NO4Si/c1-16(10-11-25-27(8,9)20(5,6)7)17-12-21(24-13-17)14-22(15-21)18(23)26-19(2,3)4/h17H,1,10-15H2,2-9H3.